The smallest absolute Gasteiger partial charge is 0.255 e. The van der Waals surface area contributed by atoms with Gasteiger partial charge in [-0.25, -0.2) is 0 Å². The lowest BCUT2D eigenvalue weighted by Gasteiger charge is -1.97. The summed E-state index contributed by atoms with van der Waals surface area (Å²) < 4.78 is 0. The quantitative estimate of drug-likeness (QED) is 0.464. The maximum atomic E-state index is 11.2. The van der Waals surface area contributed by atoms with Crippen molar-refractivity contribution in [1.82, 2.24) is 0 Å². The van der Waals surface area contributed by atoms with Gasteiger partial charge in [0.05, 0.1) is 0 Å². The molecule has 2 heteroatoms. The summed E-state index contributed by atoms with van der Waals surface area (Å²) >= 11 is 0. The predicted octanol–water partition coefficient (Wildman–Crippen LogP) is 1.63. The first-order valence-electron chi connectivity index (χ1n) is 3.83. The van der Waals surface area contributed by atoms with Crippen LogP contribution in [0.25, 0.3) is 5.57 Å². The largest absolute Gasteiger partial charge is 0.321 e. The molecule has 1 aromatic rings. The lowest BCUT2D eigenvalue weighted by Crippen LogP contribution is -2.02. The van der Waals surface area contributed by atoms with Crippen molar-refractivity contribution >= 4 is 17.2 Å². The Bertz CT molecular complexity index is 452. The van der Waals surface area contributed by atoms with Crippen LogP contribution in [0.5, 0.6) is 0 Å². The SMILES string of the molecule is C#Cc1ccc2c(c1)C(=C)C(=O)N2. The lowest BCUT2D eigenvalue weighted by atomic mass is 10.1. The summed E-state index contributed by atoms with van der Waals surface area (Å²) in [5.74, 6) is 2.36. The molecule has 0 unspecified atom stereocenters. The molecule has 0 atom stereocenters. The molecule has 0 fully saturated rings. The first-order chi connectivity index (χ1) is 6.22. The Labute approximate surface area is 76.3 Å². The van der Waals surface area contributed by atoms with Crippen LogP contribution in [0.15, 0.2) is 24.8 Å². The molecule has 1 heterocycles. The summed E-state index contributed by atoms with van der Waals surface area (Å²) in [4.78, 5) is 11.2. The topological polar surface area (TPSA) is 29.1 Å². The summed E-state index contributed by atoms with van der Waals surface area (Å²) in [5, 5.41) is 2.69. The number of carbonyl (C=O) groups is 1. The van der Waals surface area contributed by atoms with E-state index in [0.29, 0.717) is 5.57 Å². The second-order valence-corrected chi connectivity index (χ2v) is 2.84. The van der Waals surface area contributed by atoms with Crippen molar-refractivity contribution in [3.05, 3.63) is 35.9 Å². The standard InChI is InChI=1S/C11H7NO/c1-3-8-4-5-10-9(6-8)7(2)11(13)12-10/h1,4-6H,2H2,(H,12,13). The molecule has 0 saturated heterocycles. The van der Waals surface area contributed by atoms with E-state index in [-0.39, 0.29) is 5.91 Å². The number of carbonyl (C=O) groups excluding carboxylic acids is 1. The molecular formula is C11H7NO. The van der Waals surface area contributed by atoms with E-state index in [1.54, 1.807) is 18.2 Å². The van der Waals surface area contributed by atoms with Gasteiger partial charge in [0.2, 0.25) is 0 Å². The Balaban J connectivity index is 2.62. The van der Waals surface area contributed by atoms with Crippen LogP contribution in [-0.4, -0.2) is 5.91 Å². The molecule has 2 rings (SSSR count). The van der Waals surface area contributed by atoms with Gasteiger partial charge in [-0.2, -0.15) is 0 Å². The summed E-state index contributed by atoms with van der Waals surface area (Å²) in [6, 6.07) is 5.37. The number of fused-ring (bicyclic) bond motifs is 1. The average Bonchev–Trinajstić information content (AvgIpc) is 2.43. The second-order valence-electron chi connectivity index (χ2n) is 2.84. The summed E-state index contributed by atoms with van der Waals surface area (Å²) in [6.45, 7) is 3.67. The minimum absolute atomic E-state index is 0.149. The molecule has 1 aliphatic rings. The van der Waals surface area contributed by atoms with E-state index in [0.717, 1.165) is 16.8 Å². The molecule has 0 aliphatic carbocycles. The van der Waals surface area contributed by atoms with Crippen LogP contribution in [0, 0.1) is 12.3 Å². The Kier molecular flexibility index (Phi) is 1.46. The van der Waals surface area contributed by atoms with Gasteiger partial charge in [0.25, 0.3) is 5.91 Å². The zero-order valence-electron chi connectivity index (χ0n) is 6.92. The van der Waals surface area contributed by atoms with Crippen molar-refractivity contribution in [3.8, 4) is 12.3 Å². The third-order valence-electron chi connectivity index (χ3n) is 2.03. The van der Waals surface area contributed by atoms with Gasteiger partial charge in [0.15, 0.2) is 0 Å². The minimum atomic E-state index is -0.149. The molecule has 0 spiro atoms. The first kappa shape index (κ1) is 7.63. The zero-order chi connectivity index (χ0) is 9.42. The van der Waals surface area contributed by atoms with Crippen molar-refractivity contribution in [3.63, 3.8) is 0 Å². The molecule has 62 valence electrons. The van der Waals surface area contributed by atoms with Crippen LogP contribution < -0.4 is 5.32 Å². The average molecular weight is 169 g/mol. The van der Waals surface area contributed by atoms with Gasteiger partial charge < -0.3 is 5.32 Å². The maximum absolute atomic E-state index is 11.2. The number of benzene rings is 1. The fourth-order valence-electron chi connectivity index (χ4n) is 1.31. The molecular weight excluding hydrogens is 162 g/mol. The van der Waals surface area contributed by atoms with Crippen molar-refractivity contribution in [2.24, 2.45) is 0 Å². The van der Waals surface area contributed by atoms with Gasteiger partial charge in [-0.15, -0.1) is 6.42 Å². The van der Waals surface area contributed by atoms with Crippen LogP contribution in [0.4, 0.5) is 5.69 Å². The molecule has 0 aromatic heterocycles. The van der Waals surface area contributed by atoms with Crippen LogP contribution >= 0.6 is 0 Å². The maximum Gasteiger partial charge on any atom is 0.255 e. The van der Waals surface area contributed by atoms with E-state index < -0.39 is 0 Å². The molecule has 13 heavy (non-hydrogen) atoms. The lowest BCUT2D eigenvalue weighted by molar-refractivity contribution is -0.110. The van der Waals surface area contributed by atoms with Gasteiger partial charge in [-0.1, -0.05) is 12.5 Å². The molecule has 1 N–H and O–H groups in total. The second kappa shape index (κ2) is 2.49. The van der Waals surface area contributed by atoms with Gasteiger partial charge in [0, 0.05) is 22.4 Å². The van der Waals surface area contributed by atoms with Crippen molar-refractivity contribution in [1.29, 1.82) is 0 Å². The van der Waals surface area contributed by atoms with Crippen molar-refractivity contribution in [2.45, 2.75) is 0 Å². The number of hydrogen-bond donors (Lipinski definition) is 1. The third-order valence-corrected chi connectivity index (χ3v) is 2.03. The number of rotatable bonds is 0. The molecule has 0 bridgehead atoms. The molecule has 0 saturated carbocycles. The van der Waals surface area contributed by atoms with Crippen molar-refractivity contribution < 1.29 is 4.79 Å². The zero-order valence-corrected chi connectivity index (χ0v) is 6.92. The minimum Gasteiger partial charge on any atom is -0.321 e. The first-order valence-corrected chi connectivity index (χ1v) is 3.83. The predicted molar refractivity (Wildman–Crippen MR) is 52.0 cm³/mol. The number of anilines is 1. The normalized spacial score (nSPS) is 13.5. The van der Waals surface area contributed by atoms with Gasteiger partial charge in [-0.05, 0) is 18.2 Å². The van der Waals surface area contributed by atoms with Crippen LogP contribution in [0.2, 0.25) is 0 Å². The Morgan fingerprint density at radius 2 is 2.23 bits per heavy atom. The molecule has 1 amide bonds. The van der Waals surface area contributed by atoms with E-state index in [1.165, 1.54) is 0 Å². The highest BCUT2D eigenvalue weighted by atomic mass is 16.1. The molecule has 1 aromatic carbocycles. The number of amides is 1. The fraction of sp³-hybridized carbons (Fsp3) is 0. The molecule has 1 aliphatic heterocycles. The highest BCUT2D eigenvalue weighted by Crippen LogP contribution is 2.30. The van der Waals surface area contributed by atoms with Crippen LogP contribution in [0.3, 0.4) is 0 Å². The highest BCUT2D eigenvalue weighted by Gasteiger charge is 2.21. The molecule has 2 nitrogen and oxygen atoms in total. The van der Waals surface area contributed by atoms with E-state index >= 15 is 0 Å². The van der Waals surface area contributed by atoms with Crippen LogP contribution in [-0.2, 0) is 4.79 Å². The summed E-state index contributed by atoms with van der Waals surface area (Å²) in [6.07, 6.45) is 5.24. The van der Waals surface area contributed by atoms with Gasteiger partial charge in [-0.3, -0.25) is 4.79 Å². The Morgan fingerprint density at radius 3 is 2.92 bits per heavy atom. The fourth-order valence-corrected chi connectivity index (χ4v) is 1.31. The summed E-state index contributed by atoms with van der Waals surface area (Å²) in [5.41, 5.74) is 2.83. The van der Waals surface area contributed by atoms with Crippen LogP contribution in [0.1, 0.15) is 11.1 Å². The Hall–Kier alpha value is -2.01. The number of terminal acetylenes is 1. The summed E-state index contributed by atoms with van der Waals surface area (Å²) in [7, 11) is 0. The van der Waals surface area contributed by atoms with E-state index in [1.807, 2.05) is 0 Å². The third kappa shape index (κ3) is 1.02. The number of hydrogen-bond acceptors (Lipinski definition) is 1. The van der Waals surface area contributed by atoms with E-state index in [4.69, 9.17) is 6.42 Å². The van der Waals surface area contributed by atoms with Crippen molar-refractivity contribution in [2.75, 3.05) is 5.32 Å². The monoisotopic (exact) mass is 169 g/mol. The van der Waals surface area contributed by atoms with E-state index in [2.05, 4.69) is 17.8 Å². The van der Waals surface area contributed by atoms with Gasteiger partial charge >= 0.3 is 0 Å². The van der Waals surface area contributed by atoms with E-state index in [9.17, 15) is 4.79 Å². The Morgan fingerprint density at radius 1 is 1.46 bits per heavy atom. The highest BCUT2D eigenvalue weighted by molar-refractivity contribution is 6.30. The number of nitrogens with one attached hydrogen (secondary N) is 1. The van der Waals surface area contributed by atoms with Gasteiger partial charge in [0.1, 0.15) is 0 Å². The molecule has 0 radical (unpaired) electrons.